The molecule has 0 atom stereocenters. The molecule has 0 saturated carbocycles. The van der Waals surface area contributed by atoms with Crippen LogP contribution >= 0.6 is 0 Å². The highest BCUT2D eigenvalue weighted by Gasteiger charge is 2.19. The zero-order valence-corrected chi connectivity index (χ0v) is 16.3. The Kier molecular flexibility index (Phi) is 3.93. The molecule has 148 valence electrons. The third-order valence-electron chi connectivity index (χ3n) is 5.66. The molecule has 0 radical (unpaired) electrons. The van der Waals surface area contributed by atoms with Crippen molar-refractivity contribution in [3.8, 4) is 22.8 Å². The number of hydrogen-bond acceptors (Lipinski definition) is 6. The van der Waals surface area contributed by atoms with Crippen LogP contribution in [-0.4, -0.2) is 48.2 Å². The van der Waals surface area contributed by atoms with Gasteiger partial charge >= 0.3 is 0 Å². The summed E-state index contributed by atoms with van der Waals surface area (Å²) < 4.78 is 0. The maximum atomic E-state index is 4.91. The van der Waals surface area contributed by atoms with Crippen molar-refractivity contribution in [2.45, 2.75) is 19.3 Å². The van der Waals surface area contributed by atoms with Crippen LogP contribution in [0.2, 0.25) is 0 Å². The van der Waals surface area contributed by atoms with Crippen LogP contribution < -0.4 is 4.90 Å². The fourth-order valence-electron chi connectivity index (χ4n) is 4.14. The second kappa shape index (κ2) is 6.91. The molecule has 0 bridgehead atoms. The molecule has 5 aromatic rings. The predicted molar refractivity (Wildman–Crippen MR) is 116 cm³/mol. The molecular weight excluding hydrogens is 376 g/mol. The molecule has 0 aliphatic carbocycles. The summed E-state index contributed by atoms with van der Waals surface area (Å²) >= 11 is 0. The van der Waals surface area contributed by atoms with Crippen molar-refractivity contribution >= 4 is 27.8 Å². The van der Waals surface area contributed by atoms with E-state index in [-0.39, 0.29) is 0 Å². The number of nitrogens with zero attached hydrogens (tertiary/aromatic N) is 6. The zero-order chi connectivity index (χ0) is 19.9. The summed E-state index contributed by atoms with van der Waals surface area (Å²) in [4.78, 5) is 24.2. The van der Waals surface area contributed by atoms with Gasteiger partial charge < -0.3 is 9.88 Å². The number of aromatic amines is 2. The van der Waals surface area contributed by atoms with E-state index in [9.17, 15) is 0 Å². The largest absolute Gasteiger partial charge is 0.368 e. The Hall–Kier alpha value is -3.81. The van der Waals surface area contributed by atoms with Gasteiger partial charge in [0.2, 0.25) is 0 Å². The van der Waals surface area contributed by atoms with Crippen molar-refractivity contribution in [3.63, 3.8) is 0 Å². The molecule has 1 fully saturated rings. The van der Waals surface area contributed by atoms with Gasteiger partial charge in [-0.25, -0.2) is 9.97 Å². The topological polar surface area (TPSA) is 99.3 Å². The van der Waals surface area contributed by atoms with Crippen LogP contribution in [0.4, 0.5) is 5.69 Å². The number of rotatable bonds is 3. The average Bonchev–Trinajstić information content (AvgIpc) is 3.43. The average molecular weight is 396 g/mol. The van der Waals surface area contributed by atoms with Gasteiger partial charge in [0, 0.05) is 31.0 Å². The third-order valence-corrected chi connectivity index (χ3v) is 5.66. The molecule has 5 aromatic heterocycles. The van der Waals surface area contributed by atoms with E-state index < -0.39 is 0 Å². The zero-order valence-electron chi connectivity index (χ0n) is 16.3. The minimum atomic E-state index is 0.693. The lowest BCUT2D eigenvalue weighted by molar-refractivity contribution is 0.578. The van der Waals surface area contributed by atoms with Crippen molar-refractivity contribution in [2.24, 2.45) is 0 Å². The monoisotopic (exact) mass is 396 g/mol. The second-order valence-electron chi connectivity index (χ2n) is 7.59. The molecule has 6 heterocycles. The number of imidazole rings is 1. The first kappa shape index (κ1) is 17.1. The van der Waals surface area contributed by atoms with E-state index in [4.69, 9.17) is 9.97 Å². The normalized spacial score (nSPS) is 14.6. The molecule has 0 amide bonds. The number of anilines is 1. The lowest BCUT2D eigenvalue weighted by Crippen LogP contribution is -2.29. The lowest BCUT2D eigenvalue weighted by Gasteiger charge is -2.28. The molecule has 30 heavy (non-hydrogen) atoms. The summed E-state index contributed by atoms with van der Waals surface area (Å²) in [6, 6.07) is 7.87. The Morgan fingerprint density at radius 2 is 1.77 bits per heavy atom. The maximum absolute atomic E-state index is 4.91. The highest BCUT2D eigenvalue weighted by molar-refractivity contribution is 5.94. The molecule has 0 unspecified atom stereocenters. The molecule has 1 aliphatic rings. The number of fused-ring (bicyclic) bond motifs is 2. The highest BCUT2D eigenvalue weighted by atomic mass is 15.2. The molecule has 6 rings (SSSR count). The minimum Gasteiger partial charge on any atom is -0.368 e. The van der Waals surface area contributed by atoms with Crippen molar-refractivity contribution < 1.29 is 0 Å². The fraction of sp³-hybridized carbons (Fsp3) is 0.227. The van der Waals surface area contributed by atoms with Crippen LogP contribution in [0.25, 0.3) is 44.8 Å². The summed E-state index contributed by atoms with van der Waals surface area (Å²) in [6.07, 6.45) is 11.0. The molecular formula is C22H20N8. The van der Waals surface area contributed by atoms with Crippen molar-refractivity contribution in [1.29, 1.82) is 0 Å². The summed E-state index contributed by atoms with van der Waals surface area (Å²) in [5.74, 6) is 0.693. The second-order valence-corrected chi connectivity index (χ2v) is 7.59. The van der Waals surface area contributed by atoms with E-state index in [0.717, 1.165) is 52.1 Å². The van der Waals surface area contributed by atoms with E-state index in [0.29, 0.717) is 11.5 Å². The van der Waals surface area contributed by atoms with Gasteiger partial charge in [0.1, 0.15) is 11.0 Å². The minimum absolute atomic E-state index is 0.693. The van der Waals surface area contributed by atoms with E-state index in [1.54, 1.807) is 6.20 Å². The maximum Gasteiger partial charge on any atom is 0.161 e. The standard InChI is InChI=1S/C22H20N8/c1-2-9-30(10-3-1)18-13-24-12-17-19(18)27-22(26-17)21-20-16(28-29-21)7-6-15(25-20)14-5-4-8-23-11-14/h4-8,11-13H,1-3,9-10H2,(H,26,27)(H,28,29). The van der Waals surface area contributed by atoms with Crippen LogP contribution in [0.15, 0.2) is 49.1 Å². The quantitative estimate of drug-likeness (QED) is 0.479. The molecule has 0 spiro atoms. The number of piperidine rings is 1. The van der Waals surface area contributed by atoms with E-state index in [2.05, 4.69) is 30.0 Å². The number of pyridine rings is 3. The Bertz CT molecular complexity index is 1330. The number of aromatic nitrogens is 7. The lowest BCUT2D eigenvalue weighted by atomic mass is 10.1. The Morgan fingerprint density at radius 3 is 2.63 bits per heavy atom. The molecule has 0 aromatic carbocycles. The van der Waals surface area contributed by atoms with Crippen molar-refractivity contribution in [2.75, 3.05) is 18.0 Å². The summed E-state index contributed by atoms with van der Waals surface area (Å²) in [6.45, 7) is 2.09. The van der Waals surface area contributed by atoms with Crippen molar-refractivity contribution in [1.82, 2.24) is 35.1 Å². The van der Waals surface area contributed by atoms with Gasteiger partial charge in [-0.15, -0.1) is 0 Å². The molecule has 2 N–H and O–H groups in total. The predicted octanol–water partition coefficient (Wildman–Crippen LogP) is 3.95. The van der Waals surface area contributed by atoms with Crippen molar-refractivity contribution in [3.05, 3.63) is 49.1 Å². The van der Waals surface area contributed by atoms with E-state index >= 15 is 0 Å². The van der Waals surface area contributed by atoms with Gasteiger partial charge in [-0.05, 0) is 43.5 Å². The van der Waals surface area contributed by atoms with Crippen LogP contribution in [0.1, 0.15) is 19.3 Å². The molecule has 8 heteroatoms. The van der Waals surface area contributed by atoms with Crippen LogP contribution in [-0.2, 0) is 0 Å². The summed E-state index contributed by atoms with van der Waals surface area (Å²) in [5, 5.41) is 7.58. The van der Waals surface area contributed by atoms with Gasteiger partial charge in [-0.3, -0.25) is 15.1 Å². The van der Waals surface area contributed by atoms with Crippen LogP contribution in [0, 0.1) is 0 Å². The number of hydrogen-bond donors (Lipinski definition) is 2. The number of H-pyrrole nitrogens is 2. The Morgan fingerprint density at radius 1 is 0.833 bits per heavy atom. The smallest absolute Gasteiger partial charge is 0.161 e. The van der Waals surface area contributed by atoms with Gasteiger partial charge in [0.15, 0.2) is 11.5 Å². The first-order valence-corrected chi connectivity index (χ1v) is 10.2. The summed E-state index contributed by atoms with van der Waals surface area (Å²) in [7, 11) is 0. The fourth-order valence-corrected chi connectivity index (χ4v) is 4.14. The van der Waals surface area contributed by atoms with Gasteiger partial charge in [-0.1, -0.05) is 0 Å². The van der Waals surface area contributed by atoms with Crippen LogP contribution in [0.3, 0.4) is 0 Å². The van der Waals surface area contributed by atoms with E-state index in [1.807, 2.05) is 42.9 Å². The number of nitrogens with one attached hydrogen (secondary N) is 2. The third kappa shape index (κ3) is 2.80. The van der Waals surface area contributed by atoms with E-state index in [1.165, 1.54) is 19.3 Å². The molecule has 1 saturated heterocycles. The van der Waals surface area contributed by atoms with Gasteiger partial charge in [0.25, 0.3) is 0 Å². The molecule has 8 nitrogen and oxygen atoms in total. The Balaban J connectivity index is 1.47. The summed E-state index contributed by atoms with van der Waals surface area (Å²) in [5.41, 5.74) is 7.09. The highest BCUT2D eigenvalue weighted by Crippen LogP contribution is 2.31. The van der Waals surface area contributed by atoms with Gasteiger partial charge in [0.05, 0.1) is 34.8 Å². The van der Waals surface area contributed by atoms with Gasteiger partial charge in [-0.2, -0.15) is 5.10 Å². The first-order chi connectivity index (χ1) is 14.9. The SMILES string of the molecule is c1cncc(-c2ccc3[nH]nc(-c4nc5c(N6CCCCC6)cncc5[nH]4)c3n2)c1. The van der Waals surface area contributed by atoms with Crippen LogP contribution in [0.5, 0.6) is 0 Å². The first-order valence-electron chi connectivity index (χ1n) is 10.2. The Labute approximate surface area is 172 Å². The molecule has 1 aliphatic heterocycles.